The molecule has 0 radical (unpaired) electrons. The van der Waals surface area contributed by atoms with Gasteiger partial charge >= 0.3 is 6.03 Å². The average molecular weight is 402 g/mol. The first-order valence-corrected chi connectivity index (χ1v) is 10.1. The van der Waals surface area contributed by atoms with Crippen LogP contribution in [0.15, 0.2) is 24.3 Å². The number of benzene rings is 1. The monoisotopic (exact) mass is 402 g/mol. The van der Waals surface area contributed by atoms with Gasteiger partial charge in [-0.15, -0.1) is 0 Å². The van der Waals surface area contributed by atoms with E-state index in [0.717, 1.165) is 49.5 Å². The Morgan fingerprint density at radius 2 is 2.10 bits per heavy atom. The summed E-state index contributed by atoms with van der Waals surface area (Å²) >= 11 is 0. The van der Waals surface area contributed by atoms with Gasteiger partial charge in [0.2, 0.25) is 5.91 Å². The number of hydrogen-bond donors (Lipinski definition) is 1. The van der Waals surface area contributed by atoms with Crippen molar-refractivity contribution >= 4 is 17.8 Å². The van der Waals surface area contributed by atoms with Gasteiger partial charge in [0.1, 0.15) is 12.3 Å². The zero-order valence-electron chi connectivity index (χ0n) is 17.2. The summed E-state index contributed by atoms with van der Waals surface area (Å²) in [6.45, 7) is 3.37. The molecule has 0 spiro atoms. The Kier molecular flexibility index (Phi) is 7.09. The lowest BCUT2D eigenvalue weighted by molar-refractivity contribution is -0.136. The summed E-state index contributed by atoms with van der Waals surface area (Å²) in [5.41, 5.74) is 1.21. The van der Waals surface area contributed by atoms with E-state index < -0.39 is 6.03 Å². The highest BCUT2D eigenvalue weighted by Gasteiger charge is 2.31. The van der Waals surface area contributed by atoms with Crippen molar-refractivity contribution in [1.82, 2.24) is 20.0 Å². The molecule has 1 atom stereocenters. The summed E-state index contributed by atoms with van der Waals surface area (Å²) in [4.78, 5) is 40.8. The molecule has 0 bridgehead atoms. The first kappa shape index (κ1) is 21.1. The van der Waals surface area contributed by atoms with Crippen LogP contribution < -0.4 is 10.1 Å². The number of nitrogens with one attached hydrogen (secondary N) is 1. The number of carbonyl (C=O) groups is 3. The predicted octanol–water partition coefficient (Wildman–Crippen LogP) is 0.960. The highest BCUT2D eigenvalue weighted by atomic mass is 16.5. The normalized spacial score (nSPS) is 19.9. The van der Waals surface area contributed by atoms with Crippen LogP contribution in [0.25, 0.3) is 0 Å². The van der Waals surface area contributed by atoms with Crippen LogP contribution in [0.1, 0.15) is 18.4 Å². The number of rotatable bonds is 8. The maximum Gasteiger partial charge on any atom is 0.325 e. The number of carbonyl (C=O) groups excluding carboxylic acids is 3. The number of imide groups is 1. The van der Waals surface area contributed by atoms with Crippen molar-refractivity contribution in [3.63, 3.8) is 0 Å². The highest BCUT2D eigenvalue weighted by molar-refractivity contribution is 6.04. The van der Waals surface area contributed by atoms with E-state index in [9.17, 15) is 14.4 Å². The van der Waals surface area contributed by atoms with Crippen molar-refractivity contribution in [2.75, 3.05) is 53.4 Å². The summed E-state index contributed by atoms with van der Waals surface area (Å²) in [6.07, 6.45) is 3.11. The molecule has 8 nitrogen and oxygen atoms in total. The van der Waals surface area contributed by atoms with Gasteiger partial charge in [-0.2, -0.15) is 0 Å². The number of para-hydroxylation sites is 1. The topological polar surface area (TPSA) is 82.2 Å². The summed E-state index contributed by atoms with van der Waals surface area (Å²) < 4.78 is 5.44. The largest absolute Gasteiger partial charge is 0.496 e. The number of amides is 4. The molecule has 2 fully saturated rings. The van der Waals surface area contributed by atoms with Gasteiger partial charge in [0.15, 0.2) is 0 Å². The third-order valence-electron chi connectivity index (χ3n) is 5.68. The molecule has 29 heavy (non-hydrogen) atoms. The SMILES string of the molecule is COc1ccccc1CCN1CCC[C@H](CN(C)C(=O)CN2C(=O)CNC2=O)C1. The van der Waals surface area contributed by atoms with Crippen molar-refractivity contribution < 1.29 is 19.1 Å². The molecule has 1 aromatic carbocycles. The number of urea groups is 1. The molecule has 0 aromatic heterocycles. The second-order valence-electron chi connectivity index (χ2n) is 7.78. The van der Waals surface area contributed by atoms with Gasteiger partial charge in [0.25, 0.3) is 5.91 Å². The van der Waals surface area contributed by atoms with Crippen molar-refractivity contribution in [2.45, 2.75) is 19.3 Å². The van der Waals surface area contributed by atoms with E-state index in [2.05, 4.69) is 16.3 Å². The first-order valence-electron chi connectivity index (χ1n) is 10.1. The Balaban J connectivity index is 1.47. The lowest BCUT2D eigenvalue weighted by Gasteiger charge is -2.35. The van der Waals surface area contributed by atoms with Gasteiger partial charge in [0.05, 0.1) is 13.7 Å². The third kappa shape index (κ3) is 5.47. The van der Waals surface area contributed by atoms with Crippen LogP contribution in [0.3, 0.4) is 0 Å². The zero-order valence-corrected chi connectivity index (χ0v) is 17.2. The highest BCUT2D eigenvalue weighted by Crippen LogP contribution is 2.21. The molecule has 8 heteroatoms. The number of hydrogen-bond acceptors (Lipinski definition) is 5. The minimum absolute atomic E-state index is 0.0282. The lowest BCUT2D eigenvalue weighted by Crippen LogP contribution is -2.45. The van der Waals surface area contributed by atoms with E-state index in [-0.39, 0.29) is 24.9 Å². The number of nitrogens with zero attached hydrogens (tertiary/aromatic N) is 3. The standard InChI is InChI=1S/C21H30N4O4/c1-23(20(27)15-25-19(26)12-22-21(25)28)13-16-6-5-10-24(14-16)11-9-17-7-3-4-8-18(17)29-2/h3-4,7-8,16H,5-6,9-15H2,1-2H3,(H,22,28)/t16-/m1/s1. The molecule has 0 saturated carbocycles. The molecule has 1 aromatic rings. The molecule has 158 valence electrons. The molecule has 2 aliphatic heterocycles. The van der Waals surface area contributed by atoms with E-state index in [1.807, 2.05) is 18.2 Å². The first-order chi connectivity index (χ1) is 14.0. The molecular formula is C21H30N4O4. The number of piperidine rings is 1. The van der Waals surface area contributed by atoms with Crippen LogP contribution in [0, 0.1) is 5.92 Å². The number of likely N-dealkylation sites (tertiary alicyclic amines) is 1. The Morgan fingerprint density at radius 3 is 2.83 bits per heavy atom. The molecule has 2 aliphatic rings. The second-order valence-corrected chi connectivity index (χ2v) is 7.78. The minimum atomic E-state index is -0.489. The molecule has 3 rings (SSSR count). The molecule has 1 N–H and O–H groups in total. The van der Waals surface area contributed by atoms with Crippen molar-refractivity contribution in [1.29, 1.82) is 0 Å². The van der Waals surface area contributed by atoms with Gasteiger partial charge in [-0.3, -0.25) is 14.5 Å². The summed E-state index contributed by atoms with van der Waals surface area (Å²) in [6, 6.07) is 7.61. The number of likely N-dealkylation sites (N-methyl/N-ethyl adjacent to an activating group) is 1. The second kappa shape index (κ2) is 9.73. The lowest BCUT2D eigenvalue weighted by atomic mass is 9.97. The van der Waals surface area contributed by atoms with Gasteiger partial charge < -0.3 is 19.9 Å². The minimum Gasteiger partial charge on any atom is -0.496 e. The predicted molar refractivity (Wildman–Crippen MR) is 109 cm³/mol. The molecule has 0 aliphatic carbocycles. The van der Waals surface area contributed by atoms with Crippen molar-refractivity contribution in [3.05, 3.63) is 29.8 Å². The molecule has 2 heterocycles. The smallest absolute Gasteiger partial charge is 0.325 e. The Bertz CT molecular complexity index is 738. The van der Waals surface area contributed by atoms with Crippen molar-refractivity contribution in [2.24, 2.45) is 5.92 Å². The van der Waals surface area contributed by atoms with Crippen LogP contribution in [-0.2, 0) is 16.0 Å². The van der Waals surface area contributed by atoms with Crippen LogP contribution in [0.2, 0.25) is 0 Å². The number of methoxy groups -OCH3 is 1. The van der Waals surface area contributed by atoms with Crippen LogP contribution in [0.5, 0.6) is 5.75 Å². The van der Waals surface area contributed by atoms with Crippen LogP contribution >= 0.6 is 0 Å². The van der Waals surface area contributed by atoms with E-state index in [1.54, 1.807) is 19.1 Å². The maximum atomic E-state index is 12.5. The molecule has 2 saturated heterocycles. The summed E-state index contributed by atoms with van der Waals surface area (Å²) in [5, 5.41) is 2.44. The van der Waals surface area contributed by atoms with Gasteiger partial charge in [-0.05, 0) is 43.4 Å². The fourth-order valence-corrected chi connectivity index (χ4v) is 4.05. The molecular weight excluding hydrogens is 372 g/mol. The van der Waals surface area contributed by atoms with Crippen LogP contribution in [-0.4, -0.2) is 86.0 Å². The molecule has 4 amide bonds. The molecule has 0 unspecified atom stereocenters. The van der Waals surface area contributed by atoms with E-state index >= 15 is 0 Å². The van der Waals surface area contributed by atoms with Crippen molar-refractivity contribution in [3.8, 4) is 5.75 Å². The van der Waals surface area contributed by atoms with E-state index in [0.29, 0.717) is 12.5 Å². The van der Waals surface area contributed by atoms with E-state index in [1.165, 1.54) is 5.56 Å². The summed E-state index contributed by atoms with van der Waals surface area (Å²) in [5.74, 6) is 0.754. The fraction of sp³-hybridized carbons (Fsp3) is 0.571. The maximum absolute atomic E-state index is 12.5. The van der Waals surface area contributed by atoms with Gasteiger partial charge in [-0.25, -0.2) is 4.79 Å². The Hall–Kier alpha value is -2.61. The fourth-order valence-electron chi connectivity index (χ4n) is 4.05. The Morgan fingerprint density at radius 1 is 1.31 bits per heavy atom. The summed E-state index contributed by atoms with van der Waals surface area (Å²) in [7, 11) is 3.44. The van der Waals surface area contributed by atoms with Gasteiger partial charge in [0, 0.05) is 26.7 Å². The number of ether oxygens (including phenoxy) is 1. The average Bonchev–Trinajstić information content (AvgIpc) is 3.04. The van der Waals surface area contributed by atoms with Crippen LogP contribution in [0.4, 0.5) is 4.79 Å². The third-order valence-corrected chi connectivity index (χ3v) is 5.68. The van der Waals surface area contributed by atoms with Gasteiger partial charge in [-0.1, -0.05) is 18.2 Å². The van der Waals surface area contributed by atoms with E-state index in [4.69, 9.17) is 4.74 Å². The zero-order chi connectivity index (χ0) is 20.8. The quantitative estimate of drug-likeness (QED) is 0.655. The Labute approximate surface area is 171 Å².